The van der Waals surface area contributed by atoms with E-state index in [2.05, 4.69) is 0 Å². The van der Waals surface area contributed by atoms with Crippen molar-refractivity contribution >= 4 is 28.5 Å². The van der Waals surface area contributed by atoms with Gasteiger partial charge < -0.3 is 14.1 Å². The molecule has 1 aromatic heterocycles. The zero-order chi connectivity index (χ0) is 22.2. The molecule has 1 atom stereocenters. The van der Waals surface area contributed by atoms with E-state index in [0.29, 0.717) is 40.3 Å². The Labute approximate surface area is 189 Å². The molecule has 2 heterocycles. The molecule has 3 aromatic carbocycles. The third-order valence-corrected chi connectivity index (χ3v) is 6.08. The highest BCUT2D eigenvalue weighted by atomic mass is 35.5. The van der Waals surface area contributed by atoms with Gasteiger partial charge in [0.2, 0.25) is 5.76 Å². The van der Waals surface area contributed by atoms with Crippen molar-refractivity contribution in [3.63, 3.8) is 0 Å². The van der Waals surface area contributed by atoms with Crippen LogP contribution in [0.25, 0.3) is 11.0 Å². The van der Waals surface area contributed by atoms with E-state index in [9.17, 15) is 9.59 Å². The van der Waals surface area contributed by atoms with E-state index in [4.69, 9.17) is 20.8 Å². The highest BCUT2D eigenvalue weighted by Gasteiger charge is 2.42. The first-order valence-electron chi connectivity index (χ1n) is 10.3. The van der Waals surface area contributed by atoms with Crippen LogP contribution in [-0.2, 0) is 6.42 Å². The highest BCUT2D eigenvalue weighted by Crippen LogP contribution is 2.38. The van der Waals surface area contributed by atoms with Crippen molar-refractivity contribution in [1.82, 2.24) is 4.90 Å². The van der Waals surface area contributed by atoms with Gasteiger partial charge in [0.25, 0.3) is 5.91 Å². The first kappa shape index (κ1) is 20.3. The van der Waals surface area contributed by atoms with Crippen molar-refractivity contribution in [3.8, 4) is 5.75 Å². The molecule has 0 spiro atoms. The number of fused-ring (bicyclic) bond motifs is 2. The molecule has 0 fully saturated rings. The molecule has 0 unspecified atom stereocenters. The maximum Gasteiger partial charge on any atom is 0.290 e. The van der Waals surface area contributed by atoms with Crippen LogP contribution in [0.15, 0.2) is 82.0 Å². The number of ether oxygens (including phenoxy) is 1. The quantitative estimate of drug-likeness (QED) is 0.421. The van der Waals surface area contributed by atoms with Crippen LogP contribution < -0.4 is 10.2 Å². The molecule has 32 heavy (non-hydrogen) atoms. The van der Waals surface area contributed by atoms with Crippen LogP contribution in [0.1, 0.15) is 33.3 Å². The Morgan fingerprint density at radius 3 is 2.47 bits per heavy atom. The Kier molecular flexibility index (Phi) is 5.19. The molecule has 1 aliphatic heterocycles. The number of methoxy groups -OCH3 is 1. The lowest BCUT2D eigenvalue weighted by atomic mass is 9.98. The van der Waals surface area contributed by atoms with Gasteiger partial charge in [0.1, 0.15) is 11.3 Å². The van der Waals surface area contributed by atoms with E-state index in [0.717, 1.165) is 11.1 Å². The second-order valence-corrected chi connectivity index (χ2v) is 8.16. The fraction of sp³-hybridized carbons (Fsp3) is 0.154. The minimum Gasteiger partial charge on any atom is -0.497 e. The summed E-state index contributed by atoms with van der Waals surface area (Å²) in [5.74, 6) is 0.510. The number of carbonyl (C=O) groups is 1. The van der Waals surface area contributed by atoms with Gasteiger partial charge in [0, 0.05) is 11.6 Å². The maximum atomic E-state index is 13.5. The molecule has 1 amide bonds. The van der Waals surface area contributed by atoms with Gasteiger partial charge in [-0.1, -0.05) is 54.1 Å². The van der Waals surface area contributed by atoms with Gasteiger partial charge in [-0.3, -0.25) is 9.59 Å². The van der Waals surface area contributed by atoms with Gasteiger partial charge in [0.05, 0.1) is 24.1 Å². The summed E-state index contributed by atoms with van der Waals surface area (Å²) in [6.45, 7) is 0.445. The minimum absolute atomic E-state index is 0.0960. The Morgan fingerprint density at radius 2 is 1.75 bits per heavy atom. The van der Waals surface area contributed by atoms with Gasteiger partial charge in [-0.15, -0.1) is 0 Å². The topological polar surface area (TPSA) is 59.8 Å². The molecule has 160 valence electrons. The number of hydrogen-bond donors (Lipinski definition) is 0. The summed E-state index contributed by atoms with van der Waals surface area (Å²) in [4.78, 5) is 28.7. The predicted octanol–water partition coefficient (Wildman–Crippen LogP) is 5.24. The summed E-state index contributed by atoms with van der Waals surface area (Å²) in [5, 5.41) is 0.809. The Hall–Kier alpha value is -3.57. The predicted molar refractivity (Wildman–Crippen MR) is 124 cm³/mol. The van der Waals surface area contributed by atoms with Crippen LogP contribution in [0, 0.1) is 0 Å². The molecule has 0 aliphatic carbocycles. The van der Waals surface area contributed by atoms with E-state index in [-0.39, 0.29) is 17.1 Å². The fourth-order valence-electron chi connectivity index (χ4n) is 4.25. The molecule has 0 radical (unpaired) electrons. The van der Waals surface area contributed by atoms with Crippen molar-refractivity contribution < 1.29 is 13.9 Å². The molecule has 0 saturated carbocycles. The number of halogens is 1. The summed E-state index contributed by atoms with van der Waals surface area (Å²) in [6, 6.07) is 21.7. The van der Waals surface area contributed by atoms with E-state index in [1.807, 2.05) is 54.6 Å². The average molecular weight is 446 g/mol. The lowest BCUT2D eigenvalue weighted by molar-refractivity contribution is 0.0730. The van der Waals surface area contributed by atoms with Gasteiger partial charge in [-0.25, -0.2) is 0 Å². The van der Waals surface area contributed by atoms with Crippen LogP contribution in [0.5, 0.6) is 5.75 Å². The van der Waals surface area contributed by atoms with E-state index in [1.165, 1.54) is 0 Å². The monoisotopic (exact) mass is 445 g/mol. The van der Waals surface area contributed by atoms with Gasteiger partial charge in [-0.2, -0.15) is 0 Å². The second kappa shape index (κ2) is 8.17. The number of benzene rings is 3. The van der Waals surface area contributed by atoms with Crippen LogP contribution in [0.2, 0.25) is 5.02 Å². The van der Waals surface area contributed by atoms with Gasteiger partial charge >= 0.3 is 0 Å². The van der Waals surface area contributed by atoms with Crippen LogP contribution in [0.4, 0.5) is 0 Å². The fourth-order valence-corrected chi connectivity index (χ4v) is 4.42. The van der Waals surface area contributed by atoms with Crippen molar-refractivity contribution in [2.45, 2.75) is 12.5 Å². The first-order valence-corrected chi connectivity index (χ1v) is 10.7. The number of rotatable bonds is 5. The molecule has 0 saturated heterocycles. The van der Waals surface area contributed by atoms with Crippen molar-refractivity contribution in [3.05, 3.63) is 110 Å². The molecule has 6 heteroatoms. The molecule has 1 aliphatic rings. The first-order chi connectivity index (χ1) is 15.6. The third-order valence-electron chi connectivity index (χ3n) is 5.84. The van der Waals surface area contributed by atoms with E-state index < -0.39 is 6.04 Å². The minimum atomic E-state index is -0.549. The van der Waals surface area contributed by atoms with Crippen molar-refractivity contribution in [2.24, 2.45) is 0 Å². The molecule has 0 N–H and O–H groups in total. The van der Waals surface area contributed by atoms with Gasteiger partial charge in [-0.05, 0) is 47.9 Å². The summed E-state index contributed by atoms with van der Waals surface area (Å²) in [7, 11) is 1.60. The van der Waals surface area contributed by atoms with Crippen molar-refractivity contribution in [2.75, 3.05) is 13.7 Å². The molecule has 5 nitrogen and oxygen atoms in total. The third kappa shape index (κ3) is 3.45. The number of hydrogen-bond acceptors (Lipinski definition) is 4. The Balaban J connectivity index is 1.65. The van der Waals surface area contributed by atoms with Gasteiger partial charge in [0.15, 0.2) is 5.43 Å². The molecular weight excluding hydrogens is 426 g/mol. The smallest absolute Gasteiger partial charge is 0.290 e. The summed E-state index contributed by atoms with van der Waals surface area (Å²) < 4.78 is 11.2. The highest BCUT2D eigenvalue weighted by molar-refractivity contribution is 6.31. The molecule has 0 bridgehead atoms. The van der Waals surface area contributed by atoms with E-state index >= 15 is 0 Å². The maximum absolute atomic E-state index is 13.5. The Bertz CT molecular complexity index is 1360. The van der Waals surface area contributed by atoms with Crippen LogP contribution in [-0.4, -0.2) is 24.5 Å². The summed E-state index contributed by atoms with van der Waals surface area (Å²) >= 11 is 6.13. The Morgan fingerprint density at radius 1 is 1.00 bits per heavy atom. The lowest BCUT2D eigenvalue weighted by Crippen LogP contribution is -2.31. The molecule has 5 rings (SSSR count). The standard InChI is InChI=1S/C26H20ClNO4/c1-31-19-10-7-17(8-11-19)23-22-24(29)20-15-18(27)9-12-21(20)32-25(22)26(30)28(23)14-13-16-5-3-2-4-6-16/h2-12,15,23H,13-14H2,1H3/t23-/m1/s1. The molecule has 4 aromatic rings. The largest absolute Gasteiger partial charge is 0.497 e. The second-order valence-electron chi connectivity index (χ2n) is 7.72. The zero-order valence-corrected chi connectivity index (χ0v) is 18.1. The summed E-state index contributed by atoms with van der Waals surface area (Å²) in [5.41, 5.74) is 2.40. The zero-order valence-electron chi connectivity index (χ0n) is 17.4. The SMILES string of the molecule is COc1ccc([C@@H]2c3c(oc4ccc(Cl)cc4c3=O)C(=O)N2CCc2ccccc2)cc1. The number of carbonyl (C=O) groups excluding carboxylic acids is 1. The lowest BCUT2D eigenvalue weighted by Gasteiger charge is -2.25. The summed E-state index contributed by atoms with van der Waals surface area (Å²) in [6.07, 6.45) is 0.659. The number of nitrogens with zero attached hydrogens (tertiary/aromatic N) is 1. The molecular formula is C26H20ClNO4. The van der Waals surface area contributed by atoms with E-state index in [1.54, 1.807) is 30.2 Å². The average Bonchev–Trinajstić information content (AvgIpc) is 3.10. The van der Waals surface area contributed by atoms with Crippen LogP contribution in [0.3, 0.4) is 0 Å². The number of amides is 1. The normalized spacial score (nSPS) is 15.2. The van der Waals surface area contributed by atoms with Crippen LogP contribution >= 0.6 is 11.6 Å². The van der Waals surface area contributed by atoms with Crippen molar-refractivity contribution in [1.29, 1.82) is 0 Å².